The van der Waals surface area contributed by atoms with Crippen LogP contribution in [0.2, 0.25) is 0 Å². The molecule has 114 valence electrons. The molecule has 23 heavy (non-hydrogen) atoms. The number of aromatic carboxylic acids is 1. The van der Waals surface area contributed by atoms with Gasteiger partial charge in [-0.15, -0.1) is 0 Å². The minimum Gasteiger partial charge on any atom is -0.478 e. The first-order valence-electron chi connectivity index (χ1n) is 6.87. The van der Waals surface area contributed by atoms with Gasteiger partial charge < -0.3 is 10.4 Å². The van der Waals surface area contributed by atoms with Crippen molar-refractivity contribution in [3.8, 4) is 0 Å². The molecular formula is C18H12BrNO3. The van der Waals surface area contributed by atoms with E-state index in [4.69, 9.17) is 5.11 Å². The molecule has 0 bridgehead atoms. The van der Waals surface area contributed by atoms with Crippen LogP contribution in [0.15, 0.2) is 65.1 Å². The maximum Gasteiger partial charge on any atom is 0.335 e. The molecule has 0 saturated heterocycles. The third kappa shape index (κ3) is 3.24. The topological polar surface area (TPSA) is 66.4 Å². The largest absolute Gasteiger partial charge is 0.478 e. The Bertz CT molecular complexity index is 904. The number of hydrogen-bond donors (Lipinski definition) is 2. The molecule has 3 aromatic rings. The van der Waals surface area contributed by atoms with Crippen molar-refractivity contribution < 1.29 is 14.7 Å². The summed E-state index contributed by atoms with van der Waals surface area (Å²) in [6.07, 6.45) is 0. The molecule has 4 nitrogen and oxygen atoms in total. The van der Waals surface area contributed by atoms with E-state index in [9.17, 15) is 9.59 Å². The minimum atomic E-state index is -0.998. The number of benzene rings is 3. The zero-order chi connectivity index (χ0) is 16.4. The molecule has 2 N–H and O–H groups in total. The first-order valence-corrected chi connectivity index (χ1v) is 7.67. The number of carboxylic acids is 1. The molecule has 0 aromatic heterocycles. The van der Waals surface area contributed by atoms with Crippen LogP contribution in [0.5, 0.6) is 0 Å². The predicted molar refractivity (Wildman–Crippen MR) is 93.0 cm³/mol. The fraction of sp³-hybridized carbons (Fsp3) is 0. The highest BCUT2D eigenvalue weighted by molar-refractivity contribution is 9.10. The van der Waals surface area contributed by atoms with Crippen LogP contribution in [-0.4, -0.2) is 17.0 Å². The predicted octanol–water partition coefficient (Wildman–Crippen LogP) is 4.55. The minimum absolute atomic E-state index is 0.178. The maximum atomic E-state index is 12.3. The molecule has 0 spiro atoms. The molecule has 3 rings (SSSR count). The Kier molecular flexibility index (Phi) is 4.12. The Morgan fingerprint density at radius 3 is 2.30 bits per heavy atom. The molecular weight excluding hydrogens is 358 g/mol. The summed E-state index contributed by atoms with van der Waals surface area (Å²) in [7, 11) is 0. The summed E-state index contributed by atoms with van der Waals surface area (Å²) < 4.78 is 0.926. The third-order valence-corrected chi connectivity index (χ3v) is 4.17. The lowest BCUT2D eigenvalue weighted by Crippen LogP contribution is -2.12. The fourth-order valence-corrected chi connectivity index (χ4v) is 2.77. The Hall–Kier alpha value is -2.66. The van der Waals surface area contributed by atoms with Gasteiger partial charge in [0.15, 0.2) is 0 Å². The van der Waals surface area contributed by atoms with E-state index in [1.165, 1.54) is 12.1 Å². The van der Waals surface area contributed by atoms with Crippen molar-refractivity contribution in [2.45, 2.75) is 0 Å². The first-order chi connectivity index (χ1) is 11.0. The highest BCUT2D eigenvalue weighted by Crippen LogP contribution is 2.25. The Morgan fingerprint density at radius 2 is 1.61 bits per heavy atom. The van der Waals surface area contributed by atoms with Gasteiger partial charge in [0.2, 0.25) is 0 Å². The molecule has 0 fully saturated rings. The van der Waals surface area contributed by atoms with Gasteiger partial charge in [0, 0.05) is 15.7 Å². The van der Waals surface area contributed by atoms with Gasteiger partial charge in [-0.1, -0.05) is 34.1 Å². The van der Waals surface area contributed by atoms with E-state index in [0.717, 1.165) is 15.2 Å². The molecule has 0 heterocycles. The fourth-order valence-electron chi connectivity index (χ4n) is 2.28. The van der Waals surface area contributed by atoms with E-state index in [-0.39, 0.29) is 11.5 Å². The number of anilines is 1. The molecule has 0 aliphatic heterocycles. The summed E-state index contributed by atoms with van der Waals surface area (Å²) in [5.41, 5.74) is 1.26. The number of amides is 1. The second-order valence-electron chi connectivity index (χ2n) is 5.01. The summed E-state index contributed by atoms with van der Waals surface area (Å²) in [6, 6.07) is 17.4. The van der Waals surface area contributed by atoms with Gasteiger partial charge in [-0.2, -0.15) is 0 Å². The van der Waals surface area contributed by atoms with E-state index in [0.29, 0.717) is 11.3 Å². The Labute approximate surface area is 140 Å². The first kappa shape index (κ1) is 15.2. The summed E-state index contributed by atoms with van der Waals surface area (Å²) in [6.45, 7) is 0. The van der Waals surface area contributed by atoms with Crippen molar-refractivity contribution in [1.82, 2.24) is 0 Å². The summed E-state index contributed by atoms with van der Waals surface area (Å²) in [5, 5.41) is 13.6. The lowest BCUT2D eigenvalue weighted by molar-refractivity contribution is 0.0696. The van der Waals surface area contributed by atoms with E-state index in [2.05, 4.69) is 21.2 Å². The second kappa shape index (κ2) is 6.22. The zero-order valence-corrected chi connectivity index (χ0v) is 13.5. The Balaban J connectivity index is 1.85. The van der Waals surface area contributed by atoms with Gasteiger partial charge in [0.25, 0.3) is 5.91 Å². The summed E-state index contributed by atoms with van der Waals surface area (Å²) in [5.74, 6) is -1.24. The van der Waals surface area contributed by atoms with Gasteiger partial charge in [-0.05, 0) is 53.2 Å². The monoisotopic (exact) mass is 369 g/mol. The molecule has 0 unspecified atom stereocenters. The number of rotatable bonds is 3. The number of carbonyl (C=O) groups excluding carboxylic acids is 1. The van der Waals surface area contributed by atoms with Crippen LogP contribution >= 0.6 is 15.9 Å². The molecule has 0 radical (unpaired) electrons. The van der Waals surface area contributed by atoms with E-state index in [1.54, 1.807) is 18.2 Å². The van der Waals surface area contributed by atoms with E-state index < -0.39 is 5.97 Å². The molecule has 0 aliphatic rings. The van der Waals surface area contributed by atoms with Crippen LogP contribution in [0.3, 0.4) is 0 Å². The number of nitrogens with one attached hydrogen (secondary N) is 1. The molecule has 5 heteroatoms. The second-order valence-corrected chi connectivity index (χ2v) is 5.87. The summed E-state index contributed by atoms with van der Waals surface area (Å²) >= 11 is 3.48. The van der Waals surface area contributed by atoms with Crippen LogP contribution in [0.4, 0.5) is 5.69 Å². The summed E-state index contributed by atoms with van der Waals surface area (Å²) in [4.78, 5) is 23.2. The van der Waals surface area contributed by atoms with Crippen molar-refractivity contribution >= 4 is 44.3 Å². The average molecular weight is 370 g/mol. The number of carboxylic acid groups (broad SMARTS) is 1. The van der Waals surface area contributed by atoms with E-state index in [1.807, 2.05) is 30.3 Å². The standard InChI is InChI=1S/C18H12BrNO3/c19-16-3-1-2-11-4-5-13(10-15(11)16)17(21)20-14-8-6-12(7-9-14)18(22)23/h1-10H,(H,20,21)(H,22,23). The maximum absolute atomic E-state index is 12.3. The molecule has 0 atom stereocenters. The van der Waals surface area contributed by atoms with Crippen molar-refractivity contribution in [3.05, 3.63) is 76.3 Å². The van der Waals surface area contributed by atoms with Crippen LogP contribution in [0.1, 0.15) is 20.7 Å². The van der Waals surface area contributed by atoms with Crippen LogP contribution in [-0.2, 0) is 0 Å². The number of halogens is 1. The Morgan fingerprint density at radius 1 is 0.913 bits per heavy atom. The van der Waals surface area contributed by atoms with Gasteiger partial charge in [-0.3, -0.25) is 4.79 Å². The van der Waals surface area contributed by atoms with Gasteiger partial charge in [-0.25, -0.2) is 4.79 Å². The zero-order valence-electron chi connectivity index (χ0n) is 11.9. The van der Waals surface area contributed by atoms with Crippen molar-refractivity contribution in [2.24, 2.45) is 0 Å². The van der Waals surface area contributed by atoms with E-state index >= 15 is 0 Å². The van der Waals surface area contributed by atoms with Crippen molar-refractivity contribution in [3.63, 3.8) is 0 Å². The highest BCUT2D eigenvalue weighted by atomic mass is 79.9. The van der Waals surface area contributed by atoms with Gasteiger partial charge >= 0.3 is 5.97 Å². The van der Waals surface area contributed by atoms with Crippen LogP contribution < -0.4 is 5.32 Å². The van der Waals surface area contributed by atoms with Gasteiger partial charge in [0.1, 0.15) is 0 Å². The van der Waals surface area contributed by atoms with Crippen molar-refractivity contribution in [1.29, 1.82) is 0 Å². The highest BCUT2D eigenvalue weighted by Gasteiger charge is 2.09. The average Bonchev–Trinajstić information content (AvgIpc) is 2.55. The SMILES string of the molecule is O=C(O)c1ccc(NC(=O)c2ccc3cccc(Br)c3c2)cc1. The normalized spacial score (nSPS) is 10.5. The number of fused-ring (bicyclic) bond motifs is 1. The quantitative estimate of drug-likeness (QED) is 0.711. The molecule has 1 amide bonds. The molecule has 0 saturated carbocycles. The molecule has 3 aromatic carbocycles. The third-order valence-electron chi connectivity index (χ3n) is 3.48. The number of carbonyl (C=O) groups is 2. The lowest BCUT2D eigenvalue weighted by Gasteiger charge is -2.07. The number of hydrogen-bond acceptors (Lipinski definition) is 2. The smallest absolute Gasteiger partial charge is 0.335 e. The van der Waals surface area contributed by atoms with Gasteiger partial charge in [0.05, 0.1) is 5.56 Å². The van der Waals surface area contributed by atoms with Crippen molar-refractivity contribution in [2.75, 3.05) is 5.32 Å². The molecule has 0 aliphatic carbocycles. The lowest BCUT2D eigenvalue weighted by atomic mass is 10.1. The van der Waals surface area contributed by atoms with Crippen LogP contribution in [0.25, 0.3) is 10.8 Å². The van der Waals surface area contributed by atoms with Crippen LogP contribution in [0, 0.1) is 0 Å².